The molecule has 0 fully saturated rings. The smallest absolute Gasteiger partial charge is 0.355 e. The van der Waals surface area contributed by atoms with Crippen molar-refractivity contribution in [1.29, 1.82) is 0 Å². The molecule has 5 heteroatoms. The average Bonchev–Trinajstić information content (AvgIpc) is 2.44. The minimum Gasteiger partial charge on any atom is -0.476 e. The highest BCUT2D eigenvalue weighted by Crippen LogP contribution is 2.31. The zero-order valence-corrected chi connectivity index (χ0v) is 11.1. The summed E-state index contributed by atoms with van der Waals surface area (Å²) >= 11 is 1.42. The van der Waals surface area contributed by atoms with Crippen LogP contribution in [0.5, 0.6) is 0 Å². The zero-order valence-electron chi connectivity index (χ0n) is 10.3. The predicted octanol–water partition coefficient (Wildman–Crippen LogP) is 3.18. The maximum absolute atomic E-state index is 11.0. The number of nitrogens with one attached hydrogen (secondary N) is 1. The summed E-state index contributed by atoms with van der Waals surface area (Å²) in [5, 5.41) is 12.9. The van der Waals surface area contributed by atoms with E-state index in [1.165, 1.54) is 11.3 Å². The number of hydrogen-bond acceptors (Lipinski definition) is 4. The van der Waals surface area contributed by atoms with Gasteiger partial charge in [-0.3, -0.25) is 0 Å². The number of rotatable bonds is 3. The molecular formula is C11H18N2O2S. The third kappa shape index (κ3) is 3.20. The maximum atomic E-state index is 11.0. The van der Waals surface area contributed by atoms with Crippen LogP contribution in [0.4, 0.5) is 5.13 Å². The molecule has 0 radical (unpaired) electrons. The first-order chi connectivity index (χ1) is 7.20. The summed E-state index contributed by atoms with van der Waals surface area (Å²) in [6.45, 7) is 10.00. The Balaban J connectivity index is 3.07. The van der Waals surface area contributed by atoms with Crippen LogP contribution in [0.2, 0.25) is 0 Å². The van der Waals surface area contributed by atoms with Gasteiger partial charge >= 0.3 is 5.97 Å². The Morgan fingerprint density at radius 1 is 1.44 bits per heavy atom. The van der Waals surface area contributed by atoms with E-state index < -0.39 is 5.97 Å². The highest BCUT2D eigenvalue weighted by Gasteiger charge is 2.21. The van der Waals surface area contributed by atoms with E-state index in [0.717, 1.165) is 4.88 Å². The van der Waals surface area contributed by atoms with Gasteiger partial charge in [0.1, 0.15) is 0 Å². The molecule has 0 bridgehead atoms. The van der Waals surface area contributed by atoms with E-state index in [0.29, 0.717) is 5.13 Å². The van der Waals surface area contributed by atoms with Crippen LogP contribution in [-0.4, -0.2) is 21.6 Å². The average molecular weight is 242 g/mol. The Hall–Kier alpha value is -1.10. The van der Waals surface area contributed by atoms with E-state index in [1.807, 2.05) is 34.6 Å². The van der Waals surface area contributed by atoms with Gasteiger partial charge in [-0.1, -0.05) is 13.8 Å². The Bertz CT molecular complexity index is 391. The molecule has 1 aromatic rings. The number of aromatic carboxylic acids is 1. The quantitative estimate of drug-likeness (QED) is 0.854. The molecule has 0 atom stereocenters. The molecule has 0 spiro atoms. The molecule has 0 unspecified atom stereocenters. The molecular weight excluding hydrogens is 224 g/mol. The van der Waals surface area contributed by atoms with E-state index in [4.69, 9.17) is 5.11 Å². The fraction of sp³-hybridized carbons (Fsp3) is 0.636. The number of anilines is 1. The first-order valence-corrected chi connectivity index (χ1v) is 6.04. The molecule has 90 valence electrons. The number of carboxylic acids is 1. The van der Waals surface area contributed by atoms with E-state index >= 15 is 0 Å². The Morgan fingerprint density at radius 2 is 2.00 bits per heavy atom. The lowest BCUT2D eigenvalue weighted by atomic mass is 10.1. The van der Waals surface area contributed by atoms with Crippen LogP contribution < -0.4 is 5.32 Å². The number of thiazole rings is 1. The van der Waals surface area contributed by atoms with Crippen molar-refractivity contribution in [3.8, 4) is 0 Å². The Labute approximate surface area is 99.7 Å². The van der Waals surface area contributed by atoms with Gasteiger partial charge in [0.15, 0.2) is 10.8 Å². The zero-order chi connectivity index (χ0) is 12.5. The molecule has 0 saturated carbocycles. The van der Waals surface area contributed by atoms with Crippen LogP contribution in [0.3, 0.4) is 0 Å². The van der Waals surface area contributed by atoms with Crippen molar-refractivity contribution in [2.45, 2.75) is 46.1 Å². The first kappa shape index (κ1) is 13.0. The lowest BCUT2D eigenvalue weighted by Gasteiger charge is -2.19. The SMILES string of the molecule is CC(C)c1sc(NC(C)(C)C)nc1C(=O)O. The van der Waals surface area contributed by atoms with Crippen molar-refractivity contribution in [3.05, 3.63) is 10.6 Å². The molecule has 0 aliphatic carbocycles. The molecule has 4 nitrogen and oxygen atoms in total. The van der Waals surface area contributed by atoms with E-state index in [9.17, 15) is 4.79 Å². The molecule has 0 saturated heterocycles. The highest BCUT2D eigenvalue weighted by atomic mass is 32.1. The first-order valence-electron chi connectivity index (χ1n) is 5.23. The fourth-order valence-corrected chi connectivity index (χ4v) is 2.42. The standard InChI is InChI=1S/C11H18N2O2S/c1-6(2)8-7(9(14)15)12-10(16-8)13-11(3,4)5/h6H,1-5H3,(H,12,13)(H,14,15). The monoisotopic (exact) mass is 242 g/mol. The summed E-state index contributed by atoms with van der Waals surface area (Å²) in [4.78, 5) is 16.0. The summed E-state index contributed by atoms with van der Waals surface area (Å²) in [7, 11) is 0. The number of carboxylic acid groups (broad SMARTS) is 1. The largest absolute Gasteiger partial charge is 0.476 e. The summed E-state index contributed by atoms with van der Waals surface area (Å²) in [5.41, 5.74) is 0.0637. The summed E-state index contributed by atoms with van der Waals surface area (Å²) in [6.07, 6.45) is 0. The summed E-state index contributed by atoms with van der Waals surface area (Å²) in [6, 6.07) is 0. The topological polar surface area (TPSA) is 62.2 Å². The second-order valence-electron chi connectivity index (χ2n) is 5.07. The Morgan fingerprint density at radius 3 is 2.31 bits per heavy atom. The Kier molecular flexibility index (Phi) is 3.57. The third-order valence-electron chi connectivity index (χ3n) is 1.86. The molecule has 1 aromatic heterocycles. The fourth-order valence-electron chi connectivity index (χ4n) is 1.25. The molecule has 16 heavy (non-hydrogen) atoms. The van der Waals surface area contributed by atoms with Gasteiger partial charge in [-0.2, -0.15) is 0 Å². The third-order valence-corrected chi connectivity index (χ3v) is 3.13. The van der Waals surface area contributed by atoms with Crippen LogP contribution in [0.15, 0.2) is 0 Å². The number of hydrogen-bond donors (Lipinski definition) is 2. The van der Waals surface area contributed by atoms with Crippen LogP contribution in [0.1, 0.15) is 55.9 Å². The van der Waals surface area contributed by atoms with Crippen LogP contribution in [-0.2, 0) is 0 Å². The van der Waals surface area contributed by atoms with Crippen molar-refractivity contribution in [1.82, 2.24) is 4.98 Å². The molecule has 1 rings (SSSR count). The number of carbonyl (C=O) groups is 1. The molecule has 0 amide bonds. The predicted molar refractivity (Wildman–Crippen MR) is 66.5 cm³/mol. The van der Waals surface area contributed by atoms with Crippen LogP contribution >= 0.6 is 11.3 Å². The second-order valence-corrected chi connectivity index (χ2v) is 6.10. The van der Waals surface area contributed by atoms with E-state index in [-0.39, 0.29) is 17.2 Å². The minimum atomic E-state index is -0.957. The summed E-state index contributed by atoms with van der Waals surface area (Å²) < 4.78 is 0. The van der Waals surface area contributed by atoms with Crippen LogP contribution in [0.25, 0.3) is 0 Å². The lowest BCUT2D eigenvalue weighted by molar-refractivity contribution is 0.0690. The second kappa shape index (κ2) is 4.41. The molecule has 0 aliphatic heterocycles. The van der Waals surface area contributed by atoms with Crippen molar-refractivity contribution in [2.24, 2.45) is 0 Å². The minimum absolute atomic E-state index is 0.109. The number of aromatic nitrogens is 1. The van der Waals surface area contributed by atoms with Gasteiger partial charge in [0.2, 0.25) is 0 Å². The number of nitrogens with zero attached hydrogens (tertiary/aromatic N) is 1. The lowest BCUT2D eigenvalue weighted by Crippen LogP contribution is -2.25. The van der Waals surface area contributed by atoms with Gasteiger partial charge in [0, 0.05) is 10.4 Å². The van der Waals surface area contributed by atoms with E-state index in [1.54, 1.807) is 0 Å². The molecule has 0 aliphatic rings. The molecule has 1 heterocycles. The molecule has 0 aromatic carbocycles. The van der Waals surface area contributed by atoms with Gasteiger partial charge in [-0.05, 0) is 26.7 Å². The van der Waals surface area contributed by atoms with Crippen molar-refractivity contribution < 1.29 is 9.90 Å². The highest BCUT2D eigenvalue weighted by molar-refractivity contribution is 7.16. The normalized spacial score (nSPS) is 11.9. The van der Waals surface area contributed by atoms with Crippen molar-refractivity contribution in [3.63, 3.8) is 0 Å². The van der Waals surface area contributed by atoms with E-state index in [2.05, 4.69) is 10.3 Å². The molecule has 2 N–H and O–H groups in total. The van der Waals surface area contributed by atoms with Crippen molar-refractivity contribution >= 4 is 22.4 Å². The van der Waals surface area contributed by atoms with Gasteiger partial charge in [-0.15, -0.1) is 11.3 Å². The van der Waals surface area contributed by atoms with Crippen LogP contribution in [0, 0.1) is 0 Å². The van der Waals surface area contributed by atoms with Crippen molar-refractivity contribution in [2.75, 3.05) is 5.32 Å². The van der Waals surface area contributed by atoms with Gasteiger partial charge in [0.25, 0.3) is 0 Å². The van der Waals surface area contributed by atoms with Gasteiger partial charge < -0.3 is 10.4 Å². The summed E-state index contributed by atoms with van der Waals surface area (Å²) in [5.74, 6) is -0.777. The maximum Gasteiger partial charge on any atom is 0.355 e. The van der Waals surface area contributed by atoms with Gasteiger partial charge in [0.05, 0.1) is 0 Å². The van der Waals surface area contributed by atoms with Gasteiger partial charge in [-0.25, -0.2) is 9.78 Å².